The Morgan fingerprint density at radius 3 is 2.55 bits per heavy atom. The third kappa shape index (κ3) is 1.86. The van der Waals surface area contributed by atoms with Crippen LogP contribution < -0.4 is 11.4 Å². The molecule has 0 saturated heterocycles. The van der Waals surface area contributed by atoms with Crippen LogP contribution in [0, 0.1) is 0 Å². The first-order valence-electron chi connectivity index (χ1n) is 6.82. The standard InChI is InChI=1S/C15H20N4O/c1-17-6-4-10(5-7-17)12-8-11(16)9-13-14(12)19(3)15(20)18(13)2/h4,8-9H,5-7,16H2,1-3H3. The van der Waals surface area contributed by atoms with Crippen LogP contribution in [0.5, 0.6) is 0 Å². The molecule has 1 aromatic heterocycles. The Bertz CT molecular complexity index is 766. The molecule has 0 atom stereocenters. The highest BCUT2D eigenvalue weighted by Crippen LogP contribution is 2.30. The summed E-state index contributed by atoms with van der Waals surface area (Å²) >= 11 is 0. The number of benzene rings is 1. The molecule has 0 bridgehead atoms. The minimum Gasteiger partial charge on any atom is -0.399 e. The Balaban J connectivity index is 2.30. The zero-order valence-electron chi connectivity index (χ0n) is 12.2. The highest BCUT2D eigenvalue weighted by Gasteiger charge is 2.17. The lowest BCUT2D eigenvalue weighted by atomic mass is 9.97. The van der Waals surface area contributed by atoms with Crippen molar-refractivity contribution < 1.29 is 0 Å². The number of nitrogens with two attached hydrogens (primary N) is 1. The summed E-state index contributed by atoms with van der Waals surface area (Å²) in [4.78, 5) is 14.4. The van der Waals surface area contributed by atoms with Crippen LogP contribution in [0.1, 0.15) is 12.0 Å². The van der Waals surface area contributed by atoms with Gasteiger partial charge in [-0.3, -0.25) is 9.13 Å². The summed E-state index contributed by atoms with van der Waals surface area (Å²) in [6, 6.07) is 3.86. The van der Waals surface area contributed by atoms with Crippen LogP contribution in [0.3, 0.4) is 0 Å². The molecule has 1 aromatic carbocycles. The molecule has 0 fully saturated rings. The lowest BCUT2D eigenvalue weighted by Gasteiger charge is -2.22. The Hall–Kier alpha value is -2.01. The number of aromatic nitrogens is 2. The number of aryl methyl sites for hydroxylation is 2. The fourth-order valence-corrected chi connectivity index (χ4v) is 2.93. The number of imidazole rings is 1. The lowest BCUT2D eigenvalue weighted by molar-refractivity contribution is 0.370. The molecule has 20 heavy (non-hydrogen) atoms. The Morgan fingerprint density at radius 1 is 1.15 bits per heavy atom. The fraction of sp³-hybridized carbons (Fsp3) is 0.400. The van der Waals surface area contributed by atoms with Gasteiger partial charge in [-0.15, -0.1) is 0 Å². The van der Waals surface area contributed by atoms with E-state index in [1.807, 2.05) is 19.2 Å². The summed E-state index contributed by atoms with van der Waals surface area (Å²) in [5.74, 6) is 0. The molecule has 0 spiro atoms. The molecule has 2 aromatic rings. The number of hydrogen-bond acceptors (Lipinski definition) is 3. The van der Waals surface area contributed by atoms with Gasteiger partial charge in [-0.2, -0.15) is 0 Å². The molecule has 1 aliphatic rings. The van der Waals surface area contributed by atoms with Gasteiger partial charge in [0.1, 0.15) is 0 Å². The molecule has 0 unspecified atom stereocenters. The van der Waals surface area contributed by atoms with Crippen molar-refractivity contribution in [3.8, 4) is 0 Å². The van der Waals surface area contributed by atoms with Gasteiger partial charge in [0.05, 0.1) is 11.0 Å². The first kappa shape index (κ1) is 13.0. The second-order valence-electron chi connectivity index (χ2n) is 5.58. The van der Waals surface area contributed by atoms with E-state index in [4.69, 9.17) is 5.73 Å². The summed E-state index contributed by atoms with van der Waals surface area (Å²) < 4.78 is 3.37. The van der Waals surface area contributed by atoms with Crippen LogP contribution in [0.4, 0.5) is 5.69 Å². The highest BCUT2D eigenvalue weighted by atomic mass is 16.1. The minimum absolute atomic E-state index is 0.0135. The molecule has 2 N–H and O–H groups in total. The molecule has 2 heterocycles. The minimum atomic E-state index is -0.0135. The molecule has 1 aliphatic heterocycles. The Kier molecular flexibility index (Phi) is 2.94. The fourth-order valence-electron chi connectivity index (χ4n) is 2.93. The van der Waals surface area contributed by atoms with E-state index in [1.165, 1.54) is 5.57 Å². The predicted molar refractivity (Wildman–Crippen MR) is 82.7 cm³/mol. The number of anilines is 1. The smallest absolute Gasteiger partial charge is 0.328 e. The van der Waals surface area contributed by atoms with Crippen LogP contribution >= 0.6 is 0 Å². The maximum atomic E-state index is 12.1. The number of rotatable bonds is 1. The van der Waals surface area contributed by atoms with E-state index in [0.29, 0.717) is 5.69 Å². The molecule has 0 saturated carbocycles. The van der Waals surface area contributed by atoms with Crippen molar-refractivity contribution in [1.82, 2.24) is 14.0 Å². The Labute approximate surface area is 117 Å². The maximum absolute atomic E-state index is 12.1. The third-order valence-corrected chi connectivity index (χ3v) is 4.14. The summed E-state index contributed by atoms with van der Waals surface area (Å²) in [7, 11) is 5.72. The van der Waals surface area contributed by atoms with Gasteiger partial charge < -0.3 is 10.6 Å². The maximum Gasteiger partial charge on any atom is 0.328 e. The number of nitrogen functional groups attached to an aromatic ring is 1. The van der Waals surface area contributed by atoms with E-state index < -0.39 is 0 Å². The van der Waals surface area contributed by atoms with E-state index in [9.17, 15) is 4.79 Å². The van der Waals surface area contributed by atoms with E-state index in [2.05, 4.69) is 18.0 Å². The molecule has 0 radical (unpaired) electrons. The van der Waals surface area contributed by atoms with Crippen LogP contribution in [-0.4, -0.2) is 34.2 Å². The predicted octanol–water partition coefficient (Wildman–Crippen LogP) is 1.18. The van der Waals surface area contributed by atoms with Crippen molar-refractivity contribution in [2.24, 2.45) is 14.1 Å². The van der Waals surface area contributed by atoms with E-state index in [1.54, 1.807) is 16.2 Å². The van der Waals surface area contributed by atoms with Crippen molar-refractivity contribution in [2.45, 2.75) is 6.42 Å². The zero-order chi connectivity index (χ0) is 14.4. The average molecular weight is 272 g/mol. The number of fused-ring (bicyclic) bond motifs is 1. The van der Waals surface area contributed by atoms with Crippen LogP contribution in [0.15, 0.2) is 23.0 Å². The number of likely N-dealkylation sites (N-methyl/N-ethyl adjacent to an activating group) is 1. The molecule has 5 heteroatoms. The first-order chi connectivity index (χ1) is 9.49. The SMILES string of the molecule is CN1CC=C(c2cc(N)cc3c2n(C)c(=O)n3C)CC1. The van der Waals surface area contributed by atoms with Gasteiger partial charge in [-0.05, 0) is 31.2 Å². The van der Waals surface area contributed by atoms with Gasteiger partial charge in [0.2, 0.25) is 0 Å². The van der Waals surface area contributed by atoms with Crippen LogP contribution in [-0.2, 0) is 14.1 Å². The van der Waals surface area contributed by atoms with Gasteiger partial charge in [-0.25, -0.2) is 4.79 Å². The molecular formula is C15H20N4O. The third-order valence-electron chi connectivity index (χ3n) is 4.14. The topological polar surface area (TPSA) is 56.2 Å². The van der Waals surface area contributed by atoms with Crippen molar-refractivity contribution in [1.29, 1.82) is 0 Å². The Morgan fingerprint density at radius 2 is 1.90 bits per heavy atom. The quantitative estimate of drug-likeness (QED) is 0.793. The molecule has 106 valence electrons. The number of hydrogen-bond donors (Lipinski definition) is 1. The van der Waals surface area contributed by atoms with Crippen LogP contribution in [0.2, 0.25) is 0 Å². The largest absolute Gasteiger partial charge is 0.399 e. The van der Waals surface area contributed by atoms with E-state index in [0.717, 1.165) is 36.1 Å². The van der Waals surface area contributed by atoms with E-state index >= 15 is 0 Å². The van der Waals surface area contributed by atoms with Crippen LogP contribution in [0.25, 0.3) is 16.6 Å². The van der Waals surface area contributed by atoms with Gasteiger partial charge in [-0.1, -0.05) is 6.08 Å². The van der Waals surface area contributed by atoms with Gasteiger partial charge in [0, 0.05) is 38.4 Å². The second-order valence-corrected chi connectivity index (χ2v) is 5.58. The molecule has 0 aliphatic carbocycles. The molecule has 5 nitrogen and oxygen atoms in total. The monoisotopic (exact) mass is 272 g/mol. The molecule has 0 amide bonds. The van der Waals surface area contributed by atoms with Gasteiger partial charge >= 0.3 is 5.69 Å². The summed E-state index contributed by atoms with van der Waals surface area (Å²) in [6.07, 6.45) is 3.22. The number of nitrogens with zero attached hydrogens (tertiary/aromatic N) is 3. The summed E-state index contributed by atoms with van der Waals surface area (Å²) in [5.41, 5.74) is 11.0. The molecular weight excluding hydrogens is 252 g/mol. The zero-order valence-corrected chi connectivity index (χ0v) is 12.2. The normalized spacial score (nSPS) is 16.6. The summed E-state index contributed by atoms with van der Waals surface area (Å²) in [6.45, 7) is 1.97. The highest BCUT2D eigenvalue weighted by molar-refractivity contribution is 5.92. The molecule has 3 rings (SSSR count). The second kappa shape index (κ2) is 4.52. The summed E-state index contributed by atoms with van der Waals surface area (Å²) in [5, 5.41) is 0. The first-order valence-corrected chi connectivity index (χ1v) is 6.82. The van der Waals surface area contributed by atoms with Crippen molar-refractivity contribution >= 4 is 22.3 Å². The van der Waals surface area contributed by atoms with Crippen molar-refractivity contribution in [2.75, 3.05) is 25.9 Å². The van der Waals surface area contributed by atoms with E-state index in [-0.39, 0.29) is 5.69 Å². The van der Waals surface area contributed by atoms with Crippen molar-refractivity contribution in [3.63, 3.8) is 0 Å². The van der Waals surface area contributed by atoms with Gasteiger partial charge in [0.15, 0.2) is 0 Å². The average Bonchev–Trinajstić information content (AvgIpc) is 2.64. The lowest BCUT2D eigenvalue weighted by Crippen LogP contribution is -2.24. The van der Waals surface area contributed by atoms with Crippen molar-refractivity contribution in [3.05, 3.63) is 34.3 Å². The van der Waals surface area contributed by atoms with Gasteiger partial charge in [0.25, 0.3) is 0 Å².